The Kier molecular flexibility index (Phi) is 5.55. The summed E-state index contributed by atoms with van der Waals surface area (Å²) < 4.78 is 29.7. The Hall–Kier alpha value is -1.65. The summed E-state index contributed by atoms with van der Waals surface area (Å²) in [4.78, 5) is 10.9. The van der Waals surface area contributed by atoms with E-state index in [1.54, 1.807) is 24.3 Å². The summed E-state index contributed by atoms with van der Waals surface area (Å²) in [5.74, 6) is 0.298. The van der Waals surface area contributed by atoms with Crippen LogP contribution >= 0.6 is 0 Å². The average Bonchev–Trinajstić information content (AvgIpc) is 2.35. The second kappa shape index (κ2) is 6.93. The zero-order valence-corrected chi connectivity index (χ0v) is 10.5. The molecular weight excluding hydrogens is 240 g/mol. The van der Waals surface area contributed by atoms with Gasteiger partial charge in [0.25, 0.3) is 0 Å². The number of carbonyl (C=O) groups excluding carboxylic acids is 1. The molecule has 0 heterocycles. The molecule has 3 nitrogen and oxygen atoms in total. The summed E-state index contributed by atoms with van der Waals surface area (Å²) in [5.41, 5.74) is 0.898. The van der Waals surface area contributed by atoms with Gasteiger partial charge in [-0.1, -0.05) is 12.1 Å². The molecule has 1 atom stereocenters. The van der Waals surface area contributed by atoms with Gasteiger partial charge in [0.2, 0.25) is 5.91 Å². The Balaban J connectivity index is 2.64. The number of alkyl halides is 2. The topological polar surface area (TPSA) is 38.3 Å². The minimum absolute atomic E-state index is 0.113. The fourth-order valence-corrected chi connectivity index (χ4v) is 1.52. The van der Waals surface area contributed by atoms with Crippen molar-refractivity contribution >= 4 is 5.91 Å². The Morgan fingerprint density at radius 2 is 1.83 bits per heavy atom. The quantitative estimate of drug-likeness (QED) is 0.850. The molecule has 1 N–H and O–H groups in total. The van der Waals surface area contributed by atoms with Gasteiger partial charge in [-0.15, -0.1) is 0 Å². The van der Waals surface area contributed by atoms with E-state index in [1.807, 2.05) is 6.92 Å². The highest BCUT2D eigenvalue weighted by atomic mass is 19.1. The lowest BCUT2D eigenvalue weighted by atomic mass is 10.1. The van der Waals surface area contributed by atoms with E-state index >= 15 is 0 Å². The van der Waals surface area contributed by atoms with Gasteiger partial charge in [0, 0.05) is 6.92 Å². The normalized spacial score (nSPS) is 12.3. The minimum atomic E-state index is -1.05. The van der Waals surface area contributed by atoms with E-state index in [1.165, 1.54) is 6.92 Å². The van der Waals surface area contributed by atoms with Crippen molar-refractivity contribution in [2.75, 3.05) is 13.3 Å². The second-order valence-electron chi connectivity index (χ2n) is 4.04. The number of rotatable bonds is 6. The van der Waals surface area contributed by atoms with Crippen LogP contribution in [0.15, 0.2) is 24.3 Å². The molecule has 1 aromatic rings. The maximum absolute atomic E-state index is 12.3. The molecule has 0 aromatic heterocycles. The van der Waals surface area contributed by atoms with Gasteiger partial charge >= 0.3 is 0 Å². The summed E-state index contributed by atoms with van der Waals surface area (Å²) in [5, 5.41) is 2.74. The Morgan fingerprint density at radius 3 is 2.28 bits per heavy atom. The van der Waals surface area contributed by atoms with Crippen molar-refractivity contribution < 1.29 is 18.3 Å². The first kappa shape index (κ1) is 14.4. The Labute approximate surface area is 105 Å². The third kappa shape index (κ3) is 4.31. The van der Waals surface area contributed by atoms with Gasteiger partial charge in [-0.2, -0.15) is 0 Å². The standard InChI is InChI=1S/C13H17F2NO2/c1-9(16-10(2)17)11-3-5-12(6-4-11)18-13(7-14)8-15/h3-6,9,13H,7-8H2,1-2H3,(H,16,17). The van der Waals surface area contributed by atoms with Gasteiger partial charge in [-0.3, -0.25) is 4.79 Å². The molecule has 1 amide bonds. The maximum Gasteiger partial charge on any atom is 0.217 e. The van der Waals surface area contributed by atoms with Crippen molar-refractivity contribution in [3.63, 3.8) is 0 Å². The van der Waals surface area contributed by atoms with Crippen LogP contribution in [0.5, 0.6) is 5.75 Å². The molecule has 100 valence electrons. The Morgan fingerprint density at radius 1 is 1.28 bits per heavy atom. The van der Waals surface area contributed by atoms with Gasteiger partial charge in [0.05, 0.1) is 6.04 Å². The van der Waals surface area contributed by atoms with Crippen molar-refractivity contribution in [1.29, 1.82) is 0 Å². The molecular formula is C13H17F2NO2. The molecule has 0 saturated heterocycles. The van der Waals surface area contributed by atoms with Gasteiger partial charge in [-0.25, -0.2) is 8.78 Å². The summed E-state index contributed by atoms with van der Waals surface area (Å²) in [6.45, 7) is 1.57. The van der Waals surface area contributed by atoms with Crippen LogP contribution in [0.1, 0.15) is 25.5 Å². The molecule has 18 heavy (non-hydrogen) atoms. The fraction of sp³-hybridized carbons (Fsp3) is 0.462. The molecule has 0 aliphatic heterocycles. The number of amides is 1. The van der Waals surface area contributed by atoms with Crippen LogP contribution in [0.3, 0.4) is 0 Å². The fourth-order valence-electron chi connectivity index (χ4n) is 1.52. The second-order valence-corrected chi connectivity index (χ2v) is 4.04. The number of carbonyl (C=O) groups is 1. The summed E-state index contributed by atoms with van der Waals surface area (Å²) >= 11 is 0. The zero-order valence-electron chi connectivity index (χ0n) is 10.5. The van der Waals surface area contributed by atoms with Gasteiger partial charge < -0.3 is 10.1 Å². The van der Waals surface area contributed by atoms with E-state index in [2.05, 4.69) is 5.32 Å². The number of ether oxygens (including phenoxy) is 1. The van der Waals surface area contributed by atoms with Crippen molar-refractivity contribution in [3.05, 3.63) is 29.8 Å². The Bertz CT molecular complexity index is 377. The SMILES string of the molecule is CC(=O)NC(C)c1ccc(OC(CF)CF)cc1. The van der Waals surface area contributed by atoms with Crippen LogP contribution in [-0.2, 0) is 4.79 Å². The lowest BCUT2D eigenvalue weighted by molar-refractivity contribution is -0.119. The molecule has 0 aliphatic carbocycles. The molecule has 1 unspecified atom stereocenters. The number of benzene rings is 1. The molecule has 5 heteroatoms. The van der Waals surface area contributed by atoms with Crippen molar-refractivity contribution in [2.45, 2.75) is 26.0 Å². The summed E-state index contributed by atoms with van der Waals surface area (Å²) in [7, 11) is 0. The first-order chi connectivity index (χ1) is 8.56. The monoisotopic (exact) mass is 257 g/mol. The molecule has 0 spiro atoms. The van der Waals surface area contributed by atoms with Crippen LogP contribution in [0.4, 0.5) is 8.78 Å². The van der Waals surface area contributed by atoms with E-state index in [9.17, 15) is 13.6 Å². The van der Waals surface area contributed by atoms with E-state index in [0.29, 0.717) is 5.75 Å². The van der Waals surface area contributed by atoms with Crippen LogP contribution < -0.4 is 10.1 Å². The summed E-state index contributed by atoms with van der Waals surface area (Å²) in [6, 6.07) is 6.65. The lowest BCUT2D eigenvalue weighted by Gasteiger charge is -2.15. The van der Waals surface area contributed by atoms with Crippen LogP contribution in [0.25, 0.3) is 0 Å². The largest absolute Gasteiger partial charge is 0.485 e. The molecule has 0 aliphatic rings. The first-order valence-electron chi connectivity index (χ1n) is 5.72. The molecule has 0 saturated carbocycles. The van der Waals surface area contributed by atoms with Crippen LogP contribution in [0.2, 0.25) is 0 Å². The molecule has 1 aromatic carbocycles. The van der Waals surface area contributed by atoms with Crippen molar-refractivity contribution in [2.24, 2.45) is 0 Å². The predicted octanol–water partition coefficient (Wildman–Crippen LogP) is 2.57. The lowest BCUT2D eigenvalue weighted by Crippen LogP contribution is -2.23. The smallest absolute Gasteiger partial charge is 0.217 e. The number of nitrogens with one attached hydrogen (secondary N) is 1. The predicted molar refractivity (Wildman–Crippen MR) is 65.0 cm³/mol. The number of halogens is 2. The van der Waals surface area contributed by atoms with Gasteiger partial charge in [0.15, 0.2) is 6.10 Å². The molecule has 1 rings (SSSR count). The number of hydrogen-bond donors (Lipinski definition) is 1. The van der Waals surface area contributed by atoms with Gasteiger partial charge in [-0.05, 0) is 24.6 Å². The van der Waals surface area contributed by atoms with E-state index in [-0.39, 0.29) is 11.9 Å². The number of hydrogen-bond acceptors (Lipinski definition) is 2. The third-order valence-electron chi connectivity index (χ3n) is 2.45. The zero-order chi connectivity index (χ0) is 13.5. The highest BCUT2D eigenvalue weighted by Gasteiger charge is 2.10. The van der Waals surface area contributed by atoms with E-state index in [4.69, 9.17) is 4.74 Å². The van der Waals surface area contributed by atoms with Crippen LogP contribution in [-0.4, -0.2) is 25.4 Å². The van der Waals surface area contributed by atoms with Crippen LogP contribution in [0, 0.1) is 0 Å². The van der Waals surface area contributed by atoms with Crippen molar-refractivity contribution in [1.82, 2.24) is 5.32 Å². The molecule has 0 fully saturated rings. The molecule has 0 radical (unpaired) electrons. The minimum Gasteiger partial charge on any atom is -0.485 e. The first-order valence-corrected chi connectivity index (χ1v) is 5.72. The third-order valence-corrected chi connectivity index (χ3v) is 2.45. The average molecular weight is 257 g/mol. The van der Waals surface area contributed by atoms with E-state index < -0.39 is 19.5 Å². The van der Waals surface area contributed by atoms with Crippen molar-refractivity contribution in [3.8, 4) is 5.75 Å². The van der Waals surface area contributed by atoms with Gasteiger partial charge in [0.1, 0.15) is 19.1 Å². The maximum atomic E-state index is 12.3. The highest BCUT2D eigenvalue weighted by molar-refractivity contribution is 5.73. The molecule has 0 bridgehead atoms. The van der Waals surface area contributed by atoms with E-state index in [0.717, 1.165) is 5.56 Å². The summed E-state index contributed by atoms with van der Waals surface area (Å²) in [6.07, 6.45) is -1.05. The highest BCUT2D eigenvalue weighted by Crippen LogP contribution is 2.18.